The van der Waals surface area contributed by atoms with Crippen LogP contribution in [0, 0.1) is 5.92 Å². The lowest BCUT2D eigenvalue weighted by atomic mass is 9.94. The largest absolute Gasteiger partial charge is 0.313 e. The molecular weight excluding hydrogens is 258 g/mol. The number of fused-ring (bicyclic) bond motifs is 1. The number of rotatable bonds is 5. The minimum absolute atomic E-state index is 0.905. The summed E-state index contributed by atoms with van der Waals surface area (Å²) in [6.45, 7) is 4.58. The number of benzene rings is 1. The first-order valence-electron chi connectivity index (χ1n) is 8.05. The third-order valence-corrected chi connectivity index (χ3v) is 4.62. The Balaban J connectivity index is 1.48. The summed E-state index contributed by atoms with van der Waals surface area (Å²) in [4.78, 5) is 6.86. The highest BCUT2D eigenvalue weighted by Gasteiger charge is 2.15. The molecule has 1 aromatic carbocycles. The van der Waals surface area contributed by atoms with Crippen LogP contribution in [0.1, 0.15) is 24.8 Å². The quantitative estimate of drug-likeness (QED) is 0.855. The highest BCUT2D eigenvalue weighted by molar-refractivity contribution is 5.81. The fourth-order valence-electron chi connectivity index (χ4n) is 3.19. The van der Waals surface area contributed by atoms with Gasteiger partial charge in [0, 0.05) is 18.1 Å². The summed E-state index contributed by atoms with van der Waals surface area (Å²) >= 11 is 0. The average Bonchev–Trinajstić information content (AvgIpc) is 2.53. The molecule has 3 heteroatoms. The van der Waals surface area contributed by atoms with Crippen LogP contribution in [-0.2, 0) is 6.54 Å². The zero-order valence-electron chi connectivity index (χ0n) is 12.9. The highest BCUT2D eigenvalue weighted by atomic mass is 15.1. The second-order valence-corrected chi connectivity index (χ2v) is 6.20. The van der Waals surface area contributed by atoms with Crippen LogP contribution in [0.25, 0.3) is 10.9 Å². The third-order valence-electron chi connectivity index (χ3n) is 4.62. The summed E-state index contributed by atoms with van der Waals surface area (Å²) < 4.78 is 0. The van der Waals surface area contributed by atoms with Crippen molar-refractivity contribution in [3.8, 4) is 0 Å². The van der Waals surface area contributed by atoms with Gasteiger partial charge in [0.05, 0.1) is 5.52 Å². The van der Waals surface area contributed by atoms with E-state index in [-0.39, 0.29) is 0 Å². The number of piperidine rings is 1. The maximum atomic E-state index is 4.42. The maximum Gasteiger partial charge on any atom is 0.0705 e. The molecule has 2 heterocycles. The first kappa shape index (κ1) is 14.5. The van der Waals surface area contributed by atoms with Crippen LogP contribution in [0.15, 0.2) is 36.5 Å². The first-order valence-corrected chi connectivity index (χ1v) is 8.05. The molecule has 3 rings (SSSR count). The maximum absolute atomic E-state index is 4.42. The van der Waals surface area contributed by atoms with Crippen LogP contribution in [0.5, 0.6) is 0 Å². The summed E-state index contributed by atoms with van der Waals surface area (Å²) in [5, 5.41) is 4.88. The van der Waals surface area contributed by atoms with Crippen LogP contribution in [0.4, 0.5) is 0 Å². The summed E-state index contributed by atoms with van der Waals surface area (Å²) in [6, 6.07) is 10.5. The summed E-state index contributed by atoms with van der Waals surface area (Å²) in [5.74, 6) is 0.905. The number of nitrogens with zero attached hydrogens (tertiary/aromatic N) is 2. The van der Waals surface area contributed by atoms with Gasteiger partial charge in [-0.25, -0.2) is 0 Å². The van der Waals surface area contributed by atoms with Gasteiger partial charge in [-0.1, -0.05) is 18.2 Å². The zero-order valence-corrected chi connectivity index (χ0v) is 12.9. The first-order chi connectivity index (χ1) is 10.3. The molecular formula is C18H25N3. The molecule has 0 amide bonds. The third kappa shape index (κ3) is 3.80. The number of pyridine rings is 1. The Morgan fingerprint density at radius 1 is 1.19 bits per heavy atom. The number of hydrogen-bond acceptors (Lipinski definition) is 3. The molecule has 0 aliphatic carbocycles. The van der Waals surface area contributed by atoms with Crippen LogP contribution < -0.4 is 5.32 Å². The van der Waals surface area contributed by atoms with Crippen molar-refractivity contribution < 1.29 is 0 Å². The van der Waals surface area contributed by atoms with Gasteiger partial charge in [-0.2, -0.15) is 0 Å². The molecule has 1 saturated heterocycles. The molecule has 0 saturated carbocycles. The lowest BCUT2D eigenvalue weighted by Crippen LogP contribution is -2.31. The van der Waals surface area contributed by atoms with E-state index >= 15 is 0 Å². The smallest absolute Gasteiger partial charge is 0.0705 e. The molecule has 3 nitrogen and oxygen atoms in total. The summed E-state index contributed by atoms with van der Waals surface area (Å²) in [5.41, 5.74) is 2.44. The molecule has 1 aliphatic rings. The fraction of sp³-hybridized carbons (Fsp3) is 0.500. The standard InChI is InChI=1S/C18H25N3/c1-21-12-8-15(9-13-21)6-10-19-14-16-7-11-20-18-5-3-2-4-17(16)18/h2-5,7,11,15,19H,6,8-10,12-14H2,1H3. The number of nitrogens with one attached hydrogen (secondary N) is 1. The average molecular weight is 283 g/mol. The van der Waals surface area contributed by atoms with Gasteiger partial charge in [0.15, 0.2) is 0 Å². The SMILES string of the molecule is CN1CCC(CCNCc2ccnc3ccccc23)CC1. The van der Waals surface area contributed by atoms with Crippen molar-refractivity contribution in [1.29, 1.82) is 0 Å². The number of likely N-dealkylation sites (tertiary alicyclic amines) is 1. The Bertz CT molecular complexity index is 568. The molecule has 1 aromatic heterocycles. The molecule has 0 atom stereocenters. The zero-order chi connectivity index (χ0) is 14.5. The predicted octanol–water partition coefficient (Wildman–Crippen LogP) is 3.06. The monoisotopic (exact) mass is 283 g/mol. The number of para-hydroxylation sites is 1. The molecule has 1 N–H and O–H groups in total. The van der Waals surface area contributed by atoms with Gasteiger partial charge in [-0.3, -0.25) is 4.98 Å². The van der Waals surface area contributed by atoms with E-state index in [0.717, 1.165) is 24.5 Å². The van der Waals surface area contributed by atoms with Crippen LogP contribution >= 0.6 is 0 Å². The molecule has 0 bridgehead atoms. The predicted molar refractivity (Wildman–Crippen MR) is 88.3 cm³/mol. The molecule has 0 spiro atoms. The second kappa shape index (κ2) is 7.01. The lowest BCUT2D eigenvalue weighted by Gasteiger charge is -2.28. The van der Waals surface area contributed by atoms with E-state index in [9.17, 15) is 0 Å². The molecule has 2 aromatic rings. The van der Waals surface area contributed by atoms with E-state index in [0.29, 0.717) is 0 Å². The normalized spacial score (nSPS) is 17.4. The van der Waals surface area contributed by atoms with E-state index in [4.69, 9.17) is 0 Å². The van der Waals surface area contributed by atoms with E-state index in [1.165, 1.54) is 43.3 Å². The van der Waals surface area contributed by atoms with E-state index in [1.54, 1.807) is 0 Å². The summed E-state index contributed by atoms with van der Waals surface area (Å²) in [7, 11) is 2.23. The molecule has 21 heavy (non-hydrogen) atoms. The van der Waals surface area contributed by atoms with Crippen molar-refractivity contribution in [2.24, 2.45) is 5.92 Å². The lowest BCUT2D eigenvalue weighted by molar-refractivity contribution is 0.211. The Kier molecular flexibility index (Phi) is 4.84. The summed E-state index contributed by atoms with van der Waals surface area (Å²) in [6.07, 6.45) is 5.93. The topological polar surface area (TPSA) is 28.2 Å². The van der Waals surface area contributed by atoms with Gasteiger partial charge in [0.2, 0.25) is 0 Å². The van der Waals surface area contributed by atoms with Gasteiger partial charge in [-0.15, -0.1) is 0 Å². The molecule has 1 fully saturated rings. The number of aromatic nitrogens is 1. The van der Waals surface area contributed by atoms with E-state index in [2.05, 4.69) is 46.5 Å². The van der Waals surface area contributed by atoms with Crippen LogP contribution in [0.2, 0.25) is 0 Å². The van der Waals surface area contributed by atoms with Gasteiger partial charge in [-0.05, 0) is 69.6 Å². The molecule has 0 unspecified atom stereocenters. The van der Waals surface area contributed by atoms with Crippen LogP contribution in [-0.4, -0.2) is 36.6 Å². The van der Waals surface area contributed by atoms with Gasteiger partial charge in [0.1, 0.15) is 0 Å². The Morgan fingerprint density at radius 2 is 2.00 bits per heavy atom. The van der Waals surface area contributed by atoms with Gasteiger partial charge < -0.3 is 10.2 Å². The van der Waals surface area contributed by atoms with Gasteiger partial charge in [0.25, 0.3) is 0 Å². The Morgan fingerprint density at radius 3 is 2.86 bits per heavy atom. The van der Waals surface area contributed by atoms with Crippen molar-refractivity contribution in [3.05, 3.63) is 42.1 Å². The second-order valence-electron chi connectivity index (χ2n) is 6.20. The fourth-order valence-corrected chi connectivity index (χ4v) is 3.19. The van der Waals surface area contributed by atoms with Gasteiger partial charge >= 0.3 is 0 Å². The van der Waals surface area contributed by atoms with Crippen molar-refractivity contribution >= 4 is 10.9 Å². The minimum atomic E-state index is 0.905. The minimum Gasteiger partial charge on any atom is -0.313 e. The molecule has 1 aliphatic heterocycles. The van der Waals surface area contributed by atoms with E-state index in [1.807, 2.05) is 12.3 Å². The molecule has 0 radical (unpaired) electrons. The van der Waals surface area contributed by atoms with Crippen molar-refractivity contribution in [3.63, 3.8) is 0 Å². The van der Waals surface area contributed by atoms with Crippen LogP contribution in [0.3, 0.4) is 0 Å². The number of hydrogen-bond donors (Lipinski definition) is 1. The van der Waals surface area contributed by atoms with Crippen molar-refractivity contribution in [2.75, 3.05) is 26.7 Å². The Hall–Kier alpha value is -1.45. The van der Waals surface area contributed by atoms with Crippen molar-refractivity contribution in [2.45, 2.75) is 25.8 Å². The van der Waals surface area contributed by atoms with Crippen molar-refractivity contribution in [1.82, 2.24) is 15.2 Å². The molecule has 112 valence electrons. The van der Waals surface area contributed by atoms with E-state index < -0.39 is 0 Å². The highest BCUT2D eigenvalue weighted by Crippen LogP contribution is 2.19. The Labute approximate surface area is 127 Å².